The number of hydrogen-bond donors (Lipinski definition) is 3. The van der Waals surface area contributed by atoms with Gasteiger partial charge >= 0.3 is 0 Å². The van der Waals surface area contributed by atoms with Crippen LogP contribution >= 0.6 is 0 Å². The summed E-state index contributed by atoms with van der Waals surface area (Å²) < 4.78 is 17.3. The summed E-state index contributed by atoms with van der Waals surface area (Å²) in [6.07, 6.45) is 10.7. The molecule has 6 nitrogen and oxygen atoms in total. The Kier molecular flexibility index (Phi) is 7.89. The highest BCUT2D eigenvalue weighted by molar-refractivity contribution is 5.15. The fraction of sp³-hybridized carbons (Fsp3) is 0.600. The molecule has 0 amide bonds. The van der Waals surface area contributed by atoms with Gasteiger partial charge in [0.2, 0.25) is 0 Å². The molecule has 3 atom stereocenters. The van der Waals surface area contributed by atoms with Gasteiger partial charge in [-0.1, -0.05) is 6.92 Å². The Bertz CT molecular complexity index is 347. The first-order valence-electron chi connectivity index (χ1n) is 7.18. The fourth-order valence-corrected chi connectivity index (χ4v) is 2.39. The first kappa shape index (κ1) is 17.6. The molecule has 1 saturated carbocycles. The maximum atomic E-state index is 5.83. The van der Waals surface area contributed by atoms with Gasteiger partial charge in [-0.3, -0.25) is 0 Å². The average molecular weight is 297 g/mol. The molecule has 6 N–H and O–H groups in total. The lowest BCUT2D eigenvalue weighted by Crippen LogP contribution is -2.18. The van der Waals surface area contributed by atoms with E-state index in [0.717, 1.165) is 6.42 Å². The van der Waals surface area contributed by atoms with Crippen molar-refractivity contribution in [3.05, 3.63) is 36.8 Å². The summed E-state index contributed by atoms with van der Waals surface area (Å²) in [6.45, 7) is 4.11. The van der Waals surface area contributed by atoms with Gasteiger partial charge in [-0.25, -0.2) is 0 Å². The van der Waals surface area contributed by atoms with E-state index in [0.29, 0.717) is 26.4 Å². The van der Waals surface area contributed by atoms with Crippen LogP contribution in [0.4, 0.5) is 0 Å². The highest BCUT2D eigenvalue weighted by Gasteiger charge is 2.66. The zero-order valence-corrected chi connectivity index (χ0v) is 12.6. The standard InChI is InChI=1S/C15H27N3O3/c1-2-15(12-19-9-3-6-16)13(20-10-4-7-17)14(15)21-11-5-8-18/h3-8,13-14H,2,9-12,16-18H2,1H3/b6-3+,7-4-,8-5+. The summed E-state index contributed by atoms with van der Waals surface area (Å²) >= 11 is 0. The predicted molar refractivity (Wildman–Crippen MR) is 83.0 cm³/mol. The largest absolute Gasteiger partial charge is 0.405 e. The minimum Gasteiger partial charge on any atom is -0.405 e. The zero-order chi connectivity index (χ0) is 15.6. The van der Waals surface area contributed by atoms with Crippen molar-refractivity contribution < 1.29 is 14.2 Å². The summed E-state index contributed by atoms with van der Waals surface area (Å²) in [7, 11) is 0. The first-order chi connectivity index (χ1) is 10.3. The second-order valence-electron chi connectivity index (χ2n) is 4.89. The van der Waals surface area contributed by atoms with Crippen molar-refractivity contribution in [3.8, 4) is 0 Å². The van der Waals surface area contributed by atoms with Crippen LogP contribution in [0.1, 0.15) is 13.3 Å². The molecule has 120 valence electrons. The van der Waals surface area contributed by atoms with Crippen molar-refractivity contribution >= 4 is 0 Å². The van der Waals surface area contributed by atoms with Crippen molar-refractivity contribution in [1.82, 2.24) is 0 Å². The van der Waals surface area contributed by atoms with Crippen LogP contribution in [0.5, 0.6) is 0 Å². The smallest absolute Gasteiger partial charge is 0.0952 e. The highest BCUT2D eigenvalue weighted by atomic mass is 16.6. The summed E-state index contributed by atoms with van der Waals surface area (Å²) in [4.78, 5) is 0. The molecular formula is C15H27N3O3. The maximum Gasteiger partial charge on any atom is 0.0952 e. The predicted octanol–water partition coefficient (Wildman–Crippen LogP) is 0.601. The average Bonchev–Trinajstić information content (AvgIpc) is 3.11. The van der Waals surface area contributed by atoms with Gasteiger partial charge in [0.15, 0.2) is 0 Å². The highest BCUT2D eigenvalue weighted by Crippen LogP contribution is 2.53. The number of hydrogen-bond acceptors (Lipinski definition) is 6. The van der Waals surface area contributed by atoms with Gasteiger partial charge in [0, 0.05) is 0 Å². The number of ether oxygens (including phenoxy) is 3. The molecule has 0 aliphatic heterocycles. The normalized spacial score (nSPS) is 29.0. The molecular weight excluding hydrogens is 270 g/mol. The van der Waals surface area contributed by atoms with E-state index in [4.69, 9.17) is 31.4 Å². The summed E-state index contributed by atoms with van der Waals surface area (Å²) in [5, 5.41) is 0. The molecule has 0 spiro atoms. The topological polar surface area (TPSA) is 106 Å². The van der Waals surface area contributed by atoms with Crippen molar-refractivity contribution in [3.63, 3.8) is 0 Å². The van der Waals surface area contributed by atoms with E-state index in [9.17, 15) is 0 Å². The molecule has 1 aliphatic carbocycles. The Balaban J connectivity index is 2.56. The van der Waals surface area contributed by atoms with Crippen LogP contribution in [0.25, 0.3) is 0 Å². The number of rotatable bonds is 11. The molecule has 6 heteroatoms. The fourth-order valence-electron chi connectivity index (χ4n) is 2.39. The molecule has 0 aromatic carbocycles. The Morgan fingerprint density at radius 1 is 0.857 bits per heavy atom. The van der Waals surface area contributed by atoms with E-state index in [-0.39, 0.29) is 17.6 Å². The molecule has 1 fully saturated rings. The van der Waals surface area contributed by atoms with E-state index >= 15 is 0 Å². The van der Waals surface area contributed by atoms with E-state index in [1.165, 1.54) is 18.6 Å². The molecule has 0 saturated heterocycles. The van der Waals surface area contributed by atoms with Crippen LogP contribution in [-0.2, 0) is 14.2 Å². The van der Waals surface area contributed by atoms with Crippen LogP contribution in [-0.4, -0.2) is 38.6 Å². The van der Waals surface area contributed by atoms with Crippen molar-refractivity contribution in [2.75, 3.05) is 26.4 Å². The van der Waals surface area contributed by atoms with Gasteiger partial charge in [0.25, 0.3) is 0 Å². The van der Waals surface area contributed by atoms with Crippen LogP contribution in [0.2, 0.25) is 0 Å². The third-order valence-electron chi connectivity index (χ3n) is 3.69. The molecule has 0 aromatic heterocycles. The summed E-state index contributed by atoms with van der Waals surface area (Å²) in [5.74, 6) is 0. The van der Waals surface area contributed by atoms with Gasteiger partial charge in [0.05, 0.1) is 44.1 Å². The van der Waals surface area contributed by atoms with E-state index < -0.39 is 0 Å². The monoisotopic (exact) mass is 297 g/mol. The molecule has 1 rings (SSSR count). The lowest BCUT2D eigenvalue weighted by molar-refractivity contribution is 0.0515. The maximum absolute atomic E-state index is 5.83. The van der Waals surface area contributed by atoms with Crippen molar-refractivity contribution in [2.24, 2.45) is 22.6 Å². The van der Waals surface area contributed by atoms with Crippen molar-refractivity contribution in [2.45, 2.75) is 25.6 Å². The lowest BCUT2D eigenvalue weighted by Gasteiger charge is -2.15. The third kappa shape index (κ3) is 4.77. The van der Waals surface area contributed by atoms with Crippen molar-refractivity contribution in [1.29, 1.82) is 0 Å². The van der Waals surface area contributed by atoms with E-state index in [1.807, 2.05) is 0 Å². The quantitative estimate of drug-likeness (QED) is 0.482. The SMILES string of the molecule is CCC1(COC/C=C/N)C(OC/C=C\N)C1OC/C=C/N. The number of nitrogens with two attached hydrogens (primary N) is 3. The minimum atomic E-state index is -0.118. The van der Waals surface area contributed by atoms with Gasteiger partial charge in [-0.05, 0) is 43.2 Å². The molecule has 3 unspecified atom stereocenters. The Hall–Kier alpha value is -1.50. The molecule has 0 aromatic rings. The molecule has 21 heavy (non-hydrogen) atoms. The molecule has 0 radical (unpaired) electrons. The van der Waals surface area contributed by atoms with Crippen LogP contribution in [0.15, 0.2) is 36.8 Å². The van der Waals surface area contributed by atoms with Crippen LogP contribution < -0.4 is 17.2 Å². The van der Waals surface area contributed by atoms with Gasteiger partial charge in [-0.2, -0.15) is 0 Å². The summed E-state index contributed by atoms with van der Waals surface area (Å²) in [5.41, 5.74) is 15.8. The van der Waals surface area contributed by atoms with Gasteiger partial charge < -0.3 is 31.4 Å². The molecule has 0 heterocycles. The lowest BCUT2D eigenvalue weighted by atomic mass is 10.0. The van der Waals surface area contributed by atoms with E-state index in [1.54, 1.807) is 18.2 Å². The first-order valence-corrected chi connectivity index (χ1v) is 7.18. The van der Waals surface area contributed by atoms with E-state index in [2.05, 4.69) is 6.92 Å². The second-order valence-corrected chi connectivity index (χ2v) is 4.89. The van der Waals surface area contributed by atoms with Gasteiger partial charge in [0.1, 0.15) is 0 Å². The Morgan fingerprint density at radius 2 is 1.33 bits per heavy atom. The third-order valence-corrected chi connectivity index (χ3v) is 3.69. The Labute approximate surface area is 126 Å². The van der Waals surface area contributed by atoms with Crippen LogP contribution in [0, 0.1) is 5.41 Å². The Morgan fingerprint density at radius 3 is 1.76 bits per heavy atom. The molecule has 1 aliphatic rings. The summed E-state index contributed by atoms with van der Waals surface area (Å²) in [6, 6.07) is 0. The zero-order valence-electron chi connectivity index (χ0n) is 12.6. The minimum absolute atomic E-state index is 0.00623. The van der Waals surface area contributed by atoms with Crippen LogP contribution in [0.3, 0.4) is 0 Å². The second kappa shape index (κ2) is 9.44. The van der Waals surface area contributed by atoms with Gasteiger partial charge in [-0.15, -0.1) is 0 Å². The molecule has 0 bridgehead atoms.